The molecule has 3 N–H and O–H groups in total. The molecular weight excluding hydrogens is 379 g/mol. The van der Waals surface area contributed by atoms with Crippen LogP contribution in [0.15, 0.2) is 24.4 Å². The van der Waals surface area contributed by atoms with Crippen molar-refractivity contribution >= 4 is 17.8 Å². The SMILES string of the molecule is Cc1cc(NC(=O)NC(C)(C)CCC(=O)O)n(-c2ccc(C(F)(F)F)cn2)n1. The van der Waals surface area contributed by atoms with E-state index in [0.717, 1.165) is 12.1 Å². The molecule has 0 saturated heterocycles. The second-order valence-electron chi connectivity index (χ2n) is 6.84. The van der Waals surface area contributed by atoms with Crippen molar-refractivity contribution in [3.63, 3.8) is 0 Å². The maximum atomic E-state index is 12.7. The summed E-state index contributed by atoms with van der Waals surface area (Å²) >= 11 is 0. The van der Waals surface area contributed by atoms with E-state index in [9.17, 15) is 22.8 Å². The zero-order valence-corrected chi connectivity index (χ0v) is 15.5. The summed E-state index contributed by atoms with van der Waals surface area (Å²) in [4.78, 5) is 26.7. The van der Waals surface area contributed by atoms with Gasteiger partial charge in [-0.1, -0.05) is 0 Å². The number of nitrogens with one attached hydrogen (secondary N) is 2. The molecule has 2 amide bonds. The normalized spacial score (nSPS) is 11.9. The van der Waals surface area contributed by atoms with Gasteiger partial charge in [-0.25, -0.2) is 9.78 Å². The second kappa shape index (κ2) is 7.87. The van der Waals surface area contributed by atoms with Gasteiger partial charge in [-0.05, 0) is 39.3 Å². The number of rotatable bonds is 6. The minimum absolute atomic E-state index is 0.0986. The summed E-state index contributed by atoms with van der Waals surface area (Å²) in [6.45, 7) is 5.01. The summed E-state index contributed by atoms with van der Waals surface area (Å²) in [6, 6.07) is 2.94. The molecular formula is C17H20F3N5O3. The van der Waals surface area contributed by atoms with Crippen LogP contribution < -0.4 is 10.6 Å². The lowest BCUT2D eigenvalue weighted by molar-refractivity contribution is -0.138. The Morgan fingerprint density at radius 1 is 1.25 bits per heavy atom. The number of aryl methyl sites for hydroxylation is 1. The van der Waals surface area contributed by atoms with Gasteiger partial charge in [0.1, 0.15) is 5.82 Å². The number of carbonyl (C=O) groups excluding carboxylic acids is 1. The molecule has 2 heterocycles. The van der Waals surface area contributed by atoms with Crippen LogP contribution in [-0.4, -0.2) is 37.4 Å². The van der Waals surface area contributed by atoms with Crippen molar-refractivity contribution in [3.8, 4) is 5.82 Å². The minimum atomic E-state index is -4.51. The lowest BCUT2D eigenvalue weighted by Gasteiger charge is -2.25. The maximum absolute atomic E-state index is 12.7. The third kappa shape index (κ3) is 5.69. The Hall–Kier alpha value is -3.11. The molecule has 0 spiro atoms. The van der Waals surface area contributed by atoms with Gasteiger partial charge in [0.2, 0.25) is 0 Å². The predicted octanol–water partition coefficient (Wildman–Crippen LogP) is 3.36. The number of hydrogen-bond donors (Lipinski definition) is 3. The molecule has 0 saturated carbocycles. The number of nitrogens with zero attached hydrogens (tertiary/aromatic N) is 3. The number of urea groups is 1. The van der Waals surface area contributed by atoms with E-state index in [-0.39, 0.29) is 24.5 Å². The van der Waals surface area contributed by atoms with E-state index in [1.54, 1.807) is 20.8 Å². The molecule has 152 valence electrons. The van der Waals surface area contributed by atoms with Gasteiger partial charge in [0, 0.05) is 24.2 Å². The third-order valence-corrected chi connectivity index (χ3v) is 3.78. The molecule has 0 fully saturated rings. The first kappa shape index (κ1) is 21.2. The van der Waals surface area contributed by atoms with Crippen LogP contribution in [0.5, 0.6) is 0 Å². The summed E-state index contributed by atoms with van der Waals surface area (Å²) in [5.74, 6) is -0.671. The number of halogens is 3. The van der Waals surface area contributed by atoms with Crippen LogP contribution in [-0.2, 0) is 11.0 Å². The average Bonchev–Trinajstić information content (AvgIpc) is 2.92. The van der Waals surface area contributed by atoms with Crippen LogP contribution in [0.25, 0.3) is 5.82 Å². The Bertz CT molecular complexity index is 860. The molecule has 2 aromatic heterocycles. The molecule has 0 bridgehead atoms. The molecule has 0 aromatic carbocycles. The maximum Gasteiger partial charge on any atom is 0.417 e. The number of carboxylic acids is 1. The lowest BCUT2D eigenvalue weighted by atomic mass is 9.99. The third-order valence-electron chi connectivity index (χ3n) is 3.78. The predicted molar refractivity (Wildman–Crippen MR) is 94.2 cm³/mol. The highest BCUT2D eigenvalue weighted by molar-refractivity contribution is 5.89. The topological polar surface area (TPSA) is 109 Å². The Labute approximate surface area is 158 Å². The monoisotopic (exact) mass is 399 g/mol. The molecule has 28 heavy (non-hydrogen) atoms. The Morgan fingerprint density at radius 3 is 2.46 bits per heavy atom. The van der Waals surface area contributed by atoms with Crippen molar-refractivity contribution < 1.29 is 27.9 Å². The van der Waals surface area contributed by atoms with Gasteiger partial charge in [-0.2, -0.15) is 23.0 Å². The van der Waals surface area contributed by atoms with Crippen LogP contribution in [0.4, 0.5) is 23.8 Å². The fourth-order valence-corrected chi connectivity index (χ4v) is 2.38. The summed E-state index contributed by atoms with van der Waals surface area (Å²) < 4.78 is 39.3. The molecule has 0 radical (unpaired) electrons. The number of alkyl halides is 3. The molecule has 0 aliphatic heterocycles. The van der Waals surface area contributed by atoms with Gasteiger partial charge in [0.15, 0.2) is 5.82 Å². The van der Waals surface area contributed by atoms with Gasteiger partial charge < -0.3 is 10.4 Å². The van der Waals surface area contributed by atoms with Crippen molar-refractivity contribution in [1.29, 1.82) is 0 Å². The van der Waals surface area contributed by atoms with Crippen LogP contribution in [0, 0.1) is 6.92 Å². The molecule has 2 aromatic rings. The summed E-state index contributed by atoms with van der Waals surface area (Å²) in [5.41, 5.74) is -1.16. The highest BCUT2D eigenvalue weighted by Gasteiger charge is 2.31. The van der Waals surface area contributed by atoms with Gasteiger partial charge in [-0.3, -0.25) is 10.1 Å². The number of amides is 2. The fraction of sp³-hybridized carbons (Fsp3) is 0.412. The quantitative estimate of drug-likeness (QED) is 0.690. The van der Waals surface area contributed by atoms with E-state index < -0.39 is 29.3 Å². The minimum Gasteiger partial charge on any atom is -0.481 e. The zero-order chi connectivity index (χ0) is 21.1. The van der Waals surface area contributed by atoms with Gasteiger partial charge in [-0.15, -0.1) is 0 Å². The molecule has 0 atom stereocenters. The first-order valence-corrected chi connectivity index (χ1v) is 8.29. The molecule has 0 aliphatic rings. The number of anilines is 1. The number of carboxylic acid groups (broad SMARTS) is 1. The Kier molecular flexibility index (Phi) is 5.95. The number of aliphatic carboxylic acids is 1. The van der Waals surface area contributed by atoms with Gasteiger partial charge in [0.05, 0.1) is 11.3 Å². The Morgan fingerprint density at radius 2 is 1.93 bits per heavy atom. The summed E-state index contributed by atoms with van der Waals surface area (Å²) in [7, 11) is 0. The highest BCUT2D eigenvalue weighted by atomic mass is 19.4. The summed E-state index contributed by atoms with van der Waals surface area (Å²) in [6.07, 6.45) is -3.71. The van der Waals surface area contributed by atoms with Crippen molar-refractivity contribution in [1.82, 2.24) is 20.1 Å². The number of hydrogen-bond acceptors (Lipinski definition) is 4. The van der Waals surface area contributed by atoms with Crippen molar-refractivity contribution in [3.05, 3.63) is 35.7 Å². The van der Waals surface area contributed by atoms with E-state index >= 15 is 0 Å². The lowest BCUT2D eigenvalue weighted by Crippen LogP contribution is -2.46. The molecule has 8 nitrogen and oxygen atoms in total. The van der Waals surface area contributed by atoms with Crippen LogP contribution in [0.1, 0.15) is 37.9 Å². The summed E-state index contributed by atoms with van der Waals surface area (Å²) in [5, 5.41) is 18.1. The molecule has 11 heteroatoms. The van der Waals surface area contributed by atoms with Crippen LogP contribution in [0.3, 0.4) is 0 Å². The van der Waals surface area contributed by atoms with Gasteiger partial charge in [0.25, 0.3) is 0 Å². The molecule has 2 rings (SSSR count). The van der Waals surface area contributed by atoms with E-state index in [4.69, 9.17) is 5.11 Å². The first-order chi connectivity index (χ1) is 12.9. The standard InChI is InChI=1S/C17H20F3N5O3/c1-10-8-13(22-15(28)23-16(2,3)7-6-14(26)27)25(24-10)12-5-4-11(9-21-12)17(18,19)20/h4-5,8-9H,6-7H2,1-3H3,(H,26,27)(H2,22,23,28). The van der Waals surface area contributed by atoms with E-state index in [1.807, 2.05) is 0 Å². The molecule has 0 aliphatic carbocycles. The van der Waals surface area contributed by atoms with E-state index in [1.165, 1.54) is 10.7 Å². The zero-order valence-electron chi connectivity index (χ0n) is 15.5. The number of pyridine rings is 1. The number of aromatic nitrogens is 3. The first-order valence-electron chi connectivity index (χ1n) is 8.29. The molecule has 0 unspecified atom stereocenters. The second-order valence-corrected chi connectivity index (χ2v) is 6.84. The van der Waals surface area contributed by atoms with Crippen molar-refractivity contribution in [2.75, 3.05) is 5.32 Å². The van der Waals surface area contributed by atoms with Gasteiger partial charge >= 0.3 is 18.2 Å². The van der Waals surface area contributed by atoms with Crippen LogP contribution >= 0.6 is 0 Å². The Balaban J connectivity index is 2.15. The average molecular weight is 399 g/mol. The van der Waals surface area contributed by atoms with Crippen LogP contribution in [0.2, 0.25) is 0 Å². The largest absolute Gasteiger partial charge is 0.481 e. The van der Waals surface area contributed by atoms with Crippen molar-refractivity contribution in [2.24, 2.45) is 0 Å². The fourth-order valence-electron chi connectivity index (χ4n) is 2.38. The highest BCUT2D eigenvalue weighted by Crippen LogP contribution is 2.29. The smallest absolute Gasteiger partial charge is 0.417 e. The van der Waals surface area contributed by atoms with E-state index in [0.29, 0.717) is 11.9 Å². The van der Waals surface area contributed by atoms with Crippen molar-refractivity contribution in [2.45, 2.75) is 45.3 Å². The number of carbonyl (C=O) groups is 2. The van der Waals surface area contributed by atoms with E-state index in [2.05, 4.69) is 20.7 Å².